The number of sulfonamides is 1. The zero-order chi connectivity index (χ0) is 30.1. The highest BCUT2D eigenvalue weighted by Crippen LogP contribution is 2.23. The second kappa shape index (κ2) is 14.4. The normalized spacial score (nSPS) is 14.3. The van der Waals surface area contributed by atoms with Gasteiger partial charge in [-0.05, 0) is 60.2 Å². The highest BCUT2D eigenvalue weighted by Gasteiger charge is 2.34. The molecular formula is C33H41N3O5S. The van der Waals surface area contributed by atoms with E-state index in [1.54, 1.807) is 19.2 Å². The Hall–Kier alpha value is -3.85. The predicted octanol–water partition coefficient (Wildman–Crippen LogP) is 4.72. The van der Waals surface area contributed by atoms with Gasteiger partial charge in [0, 0.05) is 19.0 Å². The molecule has 3 aromatic carbocycles. The maximum Gasteiger partial charge on any atom is 0.244 e. The fraction of sp³-hybridized carbons (Fsp3) is 0.394. The number of methoxy groups -OCH3 is 1. The molecule has 224 valence electrons. The average molecular weight is 592 g/mol. The third-order valence-corrected chi connectivity index (χ3v) is 8.91. The van der Waals surface area contributed by atoms with Gasteiger partial charge in [0.25, 0.3) is 0 Å². The Morgan fingerprint density at radius 1 is 0.929 bits per heavy atom. The monoisotopic (exact) mass is 591 g/mol. The van der Waals surface area contributed by atoms with Crippen LogP contribution in [0.4, 0.5) is 5.69 Å². The molecule has 1 fully saturated rings. The van der Waals surface area contributed by atoms with E-state index in [0.29, 0.717) is 17.9 Å². The standard InChI is InChI=1S/C33H41N3O5S/c1-4-25-17-19-29(20-18-25)36(42(3,39)40)24-32(37)35(23-27-13-10-16-30(21-27)41-2)31(22-26-11-6-5-7-12-26)33(38)34-28-14-8-9-15-28/h5-7,10-13,16-21,28,31H,4,8-9,14-15,22-24H2,1-3H3,(H,34,38)/t31-/m1/s1. The SMILES string of the molecule is CCc1ccc(N(CC(=O)N(Cc2cccc(OC)c2)[C@H](Cc2ccccc2)C(=O)NC2CCCC2)S(C)(=O)=O)cc1. The van der Waals surface area contributed by atoms with Crippen molar-refractivity contribution in [3.8, 4) is 5.75 Å². The molecule has 1 aliphatic carbocycles. The van der Waals surface area contributed by atoms with Gasteiger partial charge in [-0.15, -0.1) is 0 Å². The van der Waals surface area contributed by atoms with Crippen LogP contribution >= 0.6 is 0 Å². The minimum atomic E-state index is -3.81. The number of amides is 2. The highest BCUT2D eigenvalue weighted by molar-refractivity contribution is 7.92. The molecule has 0 unspecified atom stereocenters. The van der Waals surface area contributed by atoms with Crippen molar-refractivity contribution in [3.63, 3.8) is 0 Å². The number of rotatable bonds is 13. The molecule has 1 atom stereocenters. The molecule has 1 N–H and O–H groups in total. The summed E-state index contributed by atoms with van der Waals surface area (Å²) in [5.41, 5.74) is 3.14. The first-order valence-corrected chi connectivity index (χ1v) is 16.4. The molecule has 0 aromatic heterocycles. The number of aryl methyl sites for hydroxylation is 1. The number of hydrogen-bond donors (Lipinski definition) is 1. The van der Waals surface area contributed by atoms with Crippen LogP contribution in [0.3, 0.4) is 0 Å². The summed E-state index contributed by atoms with van der Waals surface area (Å²) in [6.45, 7) is 1.70. The minimum Gasteiger partial charge on any atom is -0.497 e. The van der Waals surface area contributed by atoms with E-state index in [-0.39, 0.29) is 18.5 Å². The van der Waals surface area contributed by atoms with Gasteiger partial charge >= 0.3 is 0 Å². The summed E-state index contributed by atoms with van der Waals surface area (Å²) in [5, 5.41) is 3.18. The van der Waals surface area contributed by atoms with E-state index in [4.69, 9.17) is 4.74 Å². The van der Waals surface area contributed by atoms with E-state index in [2.05, 4.69) is 5.32 Å². The van der Waals surface area contributed by atoms with Gasteiger partial charge in [-0.25, -0.2) is 8.42 Å². The zero-order valence-corrected chi connectivity index (χ0v) is 25.5. The van der Waals surface area contributed by atoms with Gasteiger partial charge in [0.1, 0.15) is 18.3 Å². The van der Waals surface area contributed by atoms with Crippen molar-refractivity contribution in [3.05, 3.63) is 95.6 Å². The Morgan fingerprint density at radius 2 is 1.60 bits per heavy atom. The lowest BCUT2D eigenvalue weighted by molar-refractivity contribution is -0.140. The van der Waals surface area contributed by atoms with E-state index in [1.165, 1.54) is 4.90 Å². The van der Waals surface area contributed by atoms with Crippen LogP contribution in [0, 0.1) is 0 Å². The summed E-state index contributed by atoms with van der Waals surface area (Å²) in [6.07, 6.45) is 6.12. The quantitative estimate of drug-likeness (QED) is 0.310. The van der Waals surface area contributed by atoms with Gasteiger partial charge in [0.2, 0.25) is 21.8 Å². The van der Waals surface area contributed by atoms with Gasteiger partial charge in [-0.3, -0.25) is 13.9 Å². The van der Waals surface area contributed by atoms with Crippen molar-refractivity contribution in [1.82, 2.24) is 10.2 Å². The molecule has 1 saturated carbocycles. The van der Waals surface area contributed by atoms with Crippen LogP contribution in [0.5, 0.6) is 5.75 Å². The molecule has 0 aliphatic heterocycles. The Bertz CT molecular complexity index is 1440. The Kier molecular flexibility index (Phi) is 10.6. The Morgan fingerprint density at radius 3 is 2.21 bits per heavy atom. The summed E-state index contributed by atoms with van der Waals surface area (Å²) in [7, 11) is -2.24. The van der Waals surface area contributed by atoms with Gasteiger partial charge < -0.3 is 15.0 Å². The number of nitrogens with one attached hydrogen (secondary N) is 1. The molecule has 0 radical (unpaired) electrons. The minimum absolute atomic E-state index is 0.0640. The number of anilines is 1. The van der Waals surface area contributed by atoms with Crippen LogP contribution < -0.4 is 14.4 Å². The lowest BCUT2D eigenvalue weighted by Crippen LogP contribution is -2.54. The molecular weight excluding hydrogens is 550 g/mol. The third kappa shape index (κ3) is 8.35. The molecule has 0 heterocycles. The number of carbonyl (C=O) groups excluding carboxylic acids is 2. The average Bonchev–Trinajstić information content (AvgIpc) is 3.50. The van der Waals surface area contributed by atoms with Crippen molar-refractivity contribution in [2.75, 3.05) is 24.2 Å². The number of carbonyl (C=O) groups is 2. The Balaban J connectivity index is 1.72. The first kappa shape index (κ1) is 31.1. The van der Waals surface area contributed by atoms with Crippen molar-refractivity contribution in [2.45, 2.75) is 64.1 Å². The molecule has 9 heteroatoms. The van der Waals surface area contributed by atoms with Gasteiger partial charge in [0.05, 0.1) is 19.1 Å². The van der Waals surface area contributed by atoms with Gasteiger partial charge in [0.15, 0.2) is 0 Å². The molecule has 0 spiro atoms. The lowest BCUT2D eigenvalue weighted by Gasteiger charge is -2.34. The second-order valence-corrected chi connectivity index (χ2v) is 12.8. The van der Waals surface area contributed by atoms with Crippen LogP contribution in [0.15, 0.2) is 78.9 Å². The molecule has 1 aliphatic rings. The van der Waals surface area contributed by atoms with Crippen LogP contribution in [-0.4, -0.2) is 57.1 Å². The van der Waals surface area contributed by atoms with Crippen LogP contribution in [0.25, 0.3) is 0 Å². The molecule has 3 aromatic rings. The van der Waals surface area contributed by atoms with Crippen LogP contribution in [0.2, 0.25) is 0 Å². The molecule has 8 nitrogen and oxygen atoms in total. The number of ether oxygens (including phenoxy) is 1. The first-order valence-electron chi connectivity index (χ1n) is 14.5. The summed E-state index contributed by atoms with van der Waals surface area (Å²) >= 11 is 0. The maximum absolute atomic E-state index is 14.2. The number of benzene rings is 3. The summed E-state index contributed by atoms with van der Waals surface area (Å²) in [4.78, 5) is 29.7. The van der Waals surface area contributed by atoms with Crippen molar-refractivity contribution in [2.24, 2.45) is 0 Å². The topological polar surface area (TPSA) is 96.0 Å². The summed E-state index contributed by atoms with van der Waals surface area (Å²) in [5.74, 6) is -0.0748. The van der Waals surface area contributed by atoms with Crippen molar-refractivity contribution >= 4 is 27.5 Å². The van der Waals surface area contributed by atoms with E-state index in [1.807, 2.05) is 73.7 Å². The van der Waals surface area contributed by atoms with E-state index in [0.717, 1.165) is 59.4 Å². The van der Waals surface area contributed by atoms with Crippen molar-refractivity contribution < 1.29 is 22.7 Å². The number of hydrogen-bond acceptors (Lipinski definition) is 5. The maximum atomic E-state index is 14.2. The van der Waals surface area contributed by atoms with E-state index < -0.39 is 28.5 Å². The molecule has 0 bridgehead atoms. The first-order chi connectivity index (χ1) is 20.2. The second-order valence-electron chi connectivity index (χ2n) is 10.9. The predicted molar refractivity (Wildman–Crippen MR) is 166 cm³/mol. The van der Waals surface area contributed by atoms with Crippen LogP contribution in [0.1, 0.15) is 49.3 Å². The summed E-state index contributed by atoms with van der Waals surface area (Å²) < 4.78 is 32.5. The molecule has 42 heavy (non-hydrogen) atoms. The smallest absolute Gasteiger partial charge is 0.244 e. The van der Waals surface area contributed by atoms with E-state index >= 15 is 0 Å². The molecule has 2 amide bonds. The molecule has 0 saturated heterocycles. The van der Waals surface area contributed by atoms with Gasteiger partial charge in [-0.2, -0.15) is 0 Å². The highest BCUT2D eigenvalue weighted by atomic mass is 32.2. The summed E-state index contributed by atoms with van der Waals surface area (Å²) in [6, 6.07) is 23.3. The Labute approximate surface area is 249 Å². The number of nitrogens with zero attached hydrogens (tertiary/aromatic N) is 2. The zero-order valence-electron chi connectivity index (χ0n) is 24.7. The fourth-order valence-electron chi connectivity index (χ4n) is 5.40. The fourth-order valence-corrected chi connectivity index (χ4v) is 6.25. The molecule has 4 rings (SSSR count). The van der Waals surface area contributed by atoms with Crippen molar-refractivity contribution in [1.29, 1.82) is 0 Å². The third-order valence-electron chi connectivity index (χ3n) is 7.77. The van der Waals surface area contributed by atoms with Crippen LogP contribution in [-0.2, 0) is 39.0 Å². The van der Waals surface area contributed by atoms with Gasteiger partial charge in [-0.1, -0.05) is 74.4 Å². The largest absolute Gasteiger partial charge is 0.497 e. The van der Waals surface area contributed by atoms with E-state index in [9.17, 15) is 18.0 Å². The lowest BCUT2D eigenvalue weighted by atomic mass is 10.0.